The molecule has 3 atom stereocenters. The Morgan fingerprint density at radius 1 is 1.10 bits per heavy atom. The lowest BCUT2D eigenvalue weighted by atomic mass is 9.55. The average molecular weight is 600 g/mol. The van der Waals surface area contributed by atoms with Gasteiger partial charge in [-0.15, -0.1) is 12.3 Å². The van der Waals surface area contributed by atoms with E-state index >= 15 is 9.18 Å². The second-order valence-corrected chi connectivity index (χ2v) is 12.6. The Morgan fingerprint density at radius 3 is 2.51 bits per heavy atom. The van der Waals surface area contributed by atoms with E-state index in [4.69, 9.17) is 29.6 Å². The number of nitrogens with zero attached hydrogens (tertiary/aromatic N) is 2. The molecule has 2 fully saturated rings. The maximum absolute atomic E-state index is 15.9. The summed E-state index contributed by atoms with van der Waals surface area (Å²) in [6.45, 7) is 0.478. The van der Waals surface area contributed by atoms with E-state index in [0.717, 1.165) is 63.4 Å². The number of halogens is 3. The van der Waals surface area contributed by atoms with Gasteiger partial charge in [-0.2, -0.15) is 0 Å². The zero-order valence-corrected chi connectivity index (χ0v) is 25.0. The molecule has 0 radical (unpaired) electrons. The van der Waals surface area contributed by atoms with Crippen LogP contribution in [0.1, 0.15) is 87.7 Å². The lowest BCUT2D eigenvalue weighted by molar-refractivity contribution is -0.143. The van der Waals surface area contributed by atoms with Crippen LogP contribution >= 0.6 is 23.2 Å². The van der Waals surface area contributed by atoms with Crippen LogP contribution in [0.4, 0.5) is 10.1 Å². The van der Waals surface area contributed by atoms with Gasteiger partial charge < -0.3 is 10.0 Å². The van der Waals surface area contributed by atoms with Crippen LogP contribution in [0.3, 0.4) is 0 Å². The summed E-state index contributed by atoms with van der Waals surface area (Å²) in [6.07, 6.45) is 14.9. The van der Waals surface area contributed by atoms with Gasteiger partial charge in [0.15, 0.2) is 0 Å². The molecule has 218 valence electrons. The first-order valence-corrected chi connectivity index (χ1v) is 15.4. The summed E-state index contributed by atoms with van der Waals surface area (Å²) in [4.78, 5) is 31.9. The molecule has 0 bridgehead atoms. The Kier molecular flexibility index (Phi) is 8.71. The quantitative estimate of drug-likeness (QED) is 0.239. The fraction of sp³-hybridized carbons (Fsp3) is 0.515. The number of unbranched alkanes of at least 4 members (excludes halogenated alkanes) is 5. The summed E-state index contributed by atoms with van der Waals surface area (Å²) in [7, 11) is 1.80. The van der Waals surface area contributed by atoms with Crippen LogP contribution in [-0.2, 0) is 15.0 Å². The van der Waals surface area contributed by atoms with Gasteiger partial charge in [0.05, 0.1) is 5.02 Å². The van der Waals surface area contributed by atoms with Crippen molar-refractivity contribution in [3.8, 4) is 12.3 Å². The number of hydrogen-bond acceptors (Lipinski definition) is 3. The highest BCUT2D eigenvalue weighted by Gasteiger charge is 2.76. The number of benzene rings is 2. The highest BCUT2D eigenvalue weighted by molar-refractivity contribution is 6.31. The summed E-state index contributed by atoms with van der Waals surface area (Å²) in [5, 5.41) is 11.1. The van der Waals surface area contributed by atoms with Gasteiger partial charge in [0, 0.05) is 35.1 Å². The lowest BCUT2D eigenvalue weighted by Gasteiger charge is -2.50. The Bertz CT molecular complexity index is 1370. The molecular weight excluding hydrogens is 562 g/mol. The molecule has 41 heavy (non-hydrogen) atoms. The number of carboxylic acid groups (broad SMARTS) is 1. The van der Waals surface area contributed by atoms with Crippen LogP contribution in [0.15, 0.2) is 36.4 Å². The normalized spacial score (nSPS) is 25.1. The number of aliphatic carboxylic acids is 1. The second kappa shape index (κ2) is 12.0. The van der Waals surface area contributed by atoms with Crippen molar-refractivity contribution < 1.29 is 19.1 Å². The molecule has 5 rings (SSSR count). The molecule has 2 heterocycles. The van der Waals surface area contributed by atoms with Crippen molar-refractivity contribution in [1.82, 2.24) is 4.90 Å². The van der Waals surface area contributed by atoms with Gasteiger partial charge in [-0.25, -0.2) is 4.39 Å². The molecule has 5 nitrogen and oxygen atoms in total. The Balaban J connectivity index is 1.68. The van der Waals surface area contributed by atoms with Crippen molar-refractivity contribution in [1.29, 1.82) is 0 Å². The molecule has 1 N–H and O–H groups in total. The molecular formula is C33H37Cl2FN2O3. The SMILES string of the molecule is C#CCCCCCCCN1C(=O)[C@@]2(c3ccc(Cl)cc31)[C@@H](c1cccc(Cl)c1F)[C@H](C(=O)O)N(C)C21CCCCC1. The van der Waals surface area contributed by atoms with Gasteiger partial charge in [-0.3, -0.25) is 14.5 Å². The van der Waals surface area contributed by atoms with Crippen LogP contribution in [0.5, 0.6) is 0 Å². The van der Waals surface area contributed by atoms with Gasteiger partial charge in [-0.1, -0.05) is 79.9 Å². The van der Waals surface area contributed by atoms with Crippen molar-refractivity contribution in [3.05, 3.63) is 63.4 Å². The molecule has 1 aliphatic carbocycles. The number of likely N-dealkylation sites (N-methyl/N-ethyl adjacent to an activating group) is 1. The zero-order chi connectivity index (χ0) is 29.4. The first-order chi connectivity index (χ1) is 19.7. The van der Waals surface area contributed by atoms with Gasteiger partial charge in [0.1, 0.15) is 17.3 Å². The predicted molar refractivity (Wildman–Crippen MR) is 161 cm³/mol. The van der Waals surface area contributed by atoms with E-state index < -0.39 is 34.7 Å². The summed E-state index contributed by atoms with van der Waals surface area (Å²) in [6, 6.07) is 9.02. The third kappa shape index (κ3) is 4.65. The molecule has 2 aromatic rings. The van der Waals surface area contributed by atoms with Crippen LogP contribution < -0.4 is 4.90 Å². The van der Waals surface area contributed by atoms with E-state index in [1.54, 1.807) is 30.1 Å². The molecule has 2 aromatic carbocycles. The number of amides is 1. The summed E-state index contributed by atoms with van der Waals surface area (Å²) in [5.41, 5.74) is -0.515. The average Bonchev–Trinajstić information content (AvgIpc) is 3.32. The lowest BCUT2D eigenvalue weighted by Crippen LogP contribution is -2.61. The first-order valence-electron chi connectivity index (χ1n) is 14.7. The smallest absolute Gasteiger partial charge is 0.321 e. The van der Waals surface area contributed by atoms with Crippen molar-refractivity contribution in [2.45, 2.75) is 93.5 Å². The standard InChI is InChI=1S/C33H37Cl2FN2O3/c1-3-4-5-6-7-8-12-20-38-26-21-22(34)16-17-24(26)33(31(38)41)27(23-14-13-15-25(35)28(23)36)29(30(39)40)37(2)32(33)18-10-9-11-19-32/h1,13-17,21,27,29H,4-12,18-20H2,2H3,(H,39,40)/t27-,29+,33+/m0/s1. The van der Waals surface area contributed by atoms with Gasteiger partial charge >= 0.3 is 5.97 Å². The molecule has 0 unspecified atom stereocenters. The van der Waals surface area contributed by atoms with E-state index in [9.17, 15) is 9.90 Å². The fourth-order valence-electron chi connectivity index (χ4n) is 8.15. The van der Waals surface area contributed by atoms with Crippen LogP contribution in [0.25, 0.3) is 0 Å². The molecule has 3 aliphatic rings. The Hall–Kier alpha value is -2.59. The monoisotopic (exact) mass is 598 g/mol. The highest BCUT2D eigenvalue weighted by atomic mass is 35.5. The fourth-order valence-corrected chi connectivity index (χ4v) is 8.50. The first kappa shape index (κ1) is 29.9. The topological polar surface area (TPSA) is 60.9 Å². The molecule has 1 saturated carbocycles. The Morgan fingerprint density at radius 2 is 1.80 bits per heavy atom. The van der Waals surface area contributed by atoms with Gasteiger partial charge in [0.2, 0.25) is 5.91 Å². The summed E-state index contributed by atoms with van der Waals surface area (Å²) >= 11 is 12.8. The number of anilines is 1. The number of terminal acetylenes is 1. The number of likely N-dealkylation sites (tertiary alicyclic amines) is 1. The number of rotatable bonds is 9. The van der Waals surface area contributed by atoms with Gasteiger partial charge in [-0.05, 0) is 62.1 Å². The largest absolute Gasteiger partial charge is 0.480 e. The maximum Gasteiger partial charge on any atom is 0.321 e. The molecule has 0 aromatic heterocycles. The number of fused-ring (bicyclic) bond motifs is 3. The predicted octanol–water partition coefficient (Wildman–Crippen LogP) is 7.58. The van der Waals surface area contributed by atoms with Crippen LogP contribution in [0, 0.1) is 18.2 Å². The molecule has 1 amide bonds. The minimum Gasteiger partial charge on any atom is -0.480 e. The van der Waals surface area contributed by atoms with Crippen LogP contribution in [0.2, 0.25) is 10.0 Å². The number of carbonyl (C=O) groups excluding carboxylic acids is 1. The number of carbonyl (C=O) groups is 2. The summed E-state index contributed by atoms with van der Waals surface area (Å²) in [5.74, 6) is -0.214. The van der Waals surface area contributed by atoms with Gasteiger partial charge in [0.25, 0.3) is 0 Å². The van der Waals surface area contributed by atoms with Crippen molar-refractivity contribution in [2.75, 3.05) is 18.5 Å². The van der Waals surface area contributed by atoms with E-state index in [0.29, 0.717) is 30.1 Å². The molecule has 2 aliphatic heterocycles. The molecule has 2 spiro atoms. The minimum atomic E-state index is -1.32. The maximum atomic E-state index is 15.9. The van der Waals surface area contributed by atoms with Crippen molar-refractivity contribution in [2.24, 2.45) is 0 Å². The third-order valence-electron chi connectivity index (χ3n) is 9.82. The zero-order valence-electron chi connectivity index (χ0n) is 23.5. The molecule has 8 heteroatoms. The Labute approximate surface area is 252 Å². The van der Waals surface area contributed by atoms with E-state index in [-0.39, 0.29) is 16.5 Å². The molecule has 1 saturated heterocycles. The summed E-state index contributed by atoms with van der Waals surface area (Å²) < 4.78 is 15.9. The van der Waals surface area contributed by atoms with Crippen LogP contribution in [-0.4, -0.2) is 47.1 Å². The number of carboxylic acids is 1. The highest BCUT2D eigenvalue weighted by Crippen LogP contribution is 2.67. The second-order valence-electron chi connectivity index (χ2n) is 11.8. The minimum absolute atomic E-state index is 0.0856. The van der Waals surface area contributed by atoms with E-state index in [2.05, 4.69) is 5.92 Å². The third-order valence-corrected chi connectivity index (χ3v) is 10.3. The van der Waals surface area contributed by atoms with E-state index in [1.165, 1.54) is 6.07 Å². The van der Waals surface area contributed by atoms with E-state index in [1.807, 2.05) is 17.0 Å². The van der Waals surface area contributed by atoms with Crippen molar-refractivity contribution >= 4 is 40.8 Å². The number of hydrogen-bond donors (Lipinski definition) is 1. The van der Waals surface area contributed by atoms with Crippen molar-refractivity contribution in [3.63, 3.8) is 0 Å².